The molecule has 102 valence electrons. The third-order valence-electron chi connectivity index (χ3n) is 2.70. The quantitative estimate of drug-likeness (QED) is 0.742. The van der Waals surface area contributed by atoms with Crippen LogP contribution in [0.2, 0.25) is 0 Å². The number of nitrogens with two attached hydrogens (primary N) is 1. The molecule has 0 aromatic heterocycles. The van der Waals surface area contributed by atoms with Crippen molar-refractivity contribution < 1.29 is 14.6 Å². The SMILES string of the molecule is CCOCC(O)COc1ccccc1[C@H](N)CC. The Balaban J connectivity index is 2.56. The second-order valence-electron chi connectivity index (χ2n) is 4.18. The minimum Gasteiger partial charge on any atom is -0.490 e. The van der Waals surface area contributed by atoms with E-state index in [1.807, 2.05) is 38.1 Å². The molecule has 2 atom stereocenters. The van der Waals surface area contributed by atoms with Crippen LogP contribution in [-0.4, -0.2) is 31.0 Å². The third-order valence-corrected chi connectivity index (χ3v) is 2.70. The molecule has 18 heavy (non-hydrogen) atoms. The zero-order valence-corrected chi connectivity index (χ0v) is 11.1. The van der Waals surface area contributed by atoms with Gasteiger partial charge < -0.3 is 20.3 Å². The topological polar surface area (TPSA) is 64.7 Å². The van der Waals surface area contributed by atoms with Gasteiger partial charge in [0.05, 0.1) is 6.61 Å². The minimum absolute atomic E-state index is 0.0368. The number of aliphatic hydroxyl groups is 1. The zero-order valence-electron chi connectivity index (χ0n) is 11.1. The maximum Gasteiger partial charge on any atom is 0.124 e. The van der Waals surface area contributed by atoms with E-state index in [9.17, 15) is 5.11 Å². The highest BCUT2D eigenvalue weighted by Crippen LogP contribution is 2.25. The van der Waals surface area contributed by atoms with E-state index in [1.54, 1.807) is 0 Å². The van der Waals surface area contributed by atoms with Gasteiger partial charge >= 0.3 is 0 Å². The number of ether oxygens (including phenoxy) is 2. The van der Waals surface area contributed by atoms with Gasteiger partial charge in [0, 0.05) is 18.2 Å². The molecule has 1 unspecified atom stereocenters. The van der Waals surface area contributed by atoms with E-state index in [-0.39, 0.29) is 12.6 Å². The molecule has 0 fully saturated rings. The van der Waals surface area contributed by atoms with Crippen LogP contribution in [0.3, 0.4) is 0 Å². The molecule has 0 aliphatic rings. The number of aliphatic hydroxyl groups excluding tert-OH is 1. The van der Waals surface area contributed by atoms with Gasteiger partial charge in [-0.25, -0.2) is 0 Å². The summed E-state index contributed by atoms with van der Waals surface area (Å²) in [5, 5.41) is 9.65. The molecule has 1 aromatic carbocycles. The maximum atomic E-state index is 9.65. The molecule has 1 rings (SSSR count). The second kappa shape index (κ2) is 8.08. The molecule has 3 N–H and O–H groups in total. The molecule has 0 heterocycles. The Kier molecular flexibility index (Phi) is 6.72. The molecule has 0 spiro atoms. The first-order valence-electron chi connectivity index (χ1n) is 6.42. The molecular weight excluding hydrogens is 230 g/mol. The molecule has 0 saturated carbocycles. The first-order chi connectivity index (χ1) is 8.69. The average molecular weight is 253 g/mol. The molecular formula is C14H23NO3. The molecule has 0 radical (unpaired) electrons. The molecule has 0 aliphatic carbocycles. The monoisotopic (exact) mass is 253 g/mol. The van der Waals surface area contributed by atoms with Gasteiger partial charge in [-0.05, 0) is 19.4 Å². The number of benzene rings is 1. The standard InChI is InChI=1S/C14H23NO3/c1-3-13(15)12-7-5-6-8-14(12)18-10-11(16)9-17-4-2/h5-8,11,13,16H,3-4,9-10,15H2,1-2H3/t11?,13-/m1/s1. The van der Waals surface area contributed by atoms with E-state index in [4.69, 9.17) is 15.2 Å². The van der Waals surface area contributed by atoms with Gasteiger partial charge in [0.2, 0.25) is 0 Å². The van der Waals surface area contributed by atoms with Crippen LogP contribution in [0.1, 0.15) is 31.9 Å². The zero-order chi connectivity index (χ0) is 13.4. The van der Waals surface area contributed by atoms with Gasteiger partial charge in [-0.15, -0.1) is 0 Å². The predicted molar refractivity (Wildman–Crippen MR) is 71.7 cm³/mol. The molecule has 0 amide bonds. The summed E-state index contributed by atoms with van der Waals surface area (Å²) in [4.78, 5) is 0. The molecule has 0 bridgehead atoms. The summed E-state index contributed by atoms with van der Waals surface area (Å²) in [5.74, 6) is 0.738. The lowest BCUT2D eigenvalue weighted by atomic mass is 10.0. The second-order valence-corrected chi connectivity index (χ2v) is 4.18. The van der Waals surface area contributed by atoms with Crippen molar-refractivity contribution in [2.45, 2.75) is 32.4 Å². The summed E-state index contributed by atoms with van der Waals surface area (Å²) < 4.78 is 10.7. The van der Waals surface area contributed by atoms with E-state index < -0.39 is 6.10 Å². The predicted octanol–water partition coefficient (Wildman–Crippen LogP) is 1.87. The Hall–Kier alpha value is -1.10. The van der Waals surface area contributed by atoms with Crippen LogP contribution in [0.25, 0.3) is 0 Å². The van der Waals surface area contributed by atoms with Crippen molar-refractivity contribution in [3.05, 3.63) is 29.8 Å². The number of rotatable bonds is 8. The summed E-state index contributed by atoms with van der Waals surface area (Å²) in [6.07, 6.45) is 0.234. The Labute approximate surface area is 109 Å². The summed E-state index contributed by atoms with van der Waals surface area (Å²) in [6.45, 7) is 5.02. The summed E-state index contributed by atoms with van der Waals surface area (Å²) in [6, 6.07) is 7.63. The summed E-state index contributed by atoms with van der Waals surface area (Å²) in [5.41, 5.74) is 6.99. The Morgan fingerprint density at radius 2 is 1.94 bits per heavy atom. The molecule has 4 heteroatoms. The van der Waals surface area contributed by atoms with Gasteiger partial charge in [0.1, 0.15) is 18.5 Å². The van der Waals surface area contributed by atoms with Crippen molar-refractivity contribution in [1.82, 2.24) is 0 Å². The van der Waals surface area contributed by atoms with E-state index in [1.165, 1.54) is 0 Å². The summed E-state index contributed by atoms with van der Waals surface area (Å²) in [7, 11) is 0. The molecule has 0 aliphatic heterocycles. The lowest BCUT2D eigenvalue weighted by Crippen LogP contribution is -2.24. The largest absolute Gasteiger partial charge is 0.490 e. The van der Waals surface area contributed by atoms with Crippen LogP contribution in [0.4, 0.5) is 0 Å². The van der Waals surface area contributed by atoms with E-state index in [2.05, 4.69) is 0 Å². The fraction of sp³-hybridized carbons (Fsp3) is 0.571. The lowest BCUT2D eigenvalue weighted by molar-refractivity contribution is 0.0162. The van der Waals surface area contributed by atoms with Crippen molar-refractivity contribution in [2.24, 2.45) is 5.73 Å². The van der Waals surface area contributed by atoms with Crippen LogP contribution in [0.15, 0.2) is 24.3 Å². The van der Waals surface area contributed by atoms with E-state index in [0.717, 1.165) is 17.7 Å². The minimum atomic E-state index is -0.615. The van der Waals surface area contributed by atoms with Gasteiger partial charge in [-0.2, -0.15) is 0 Å². The van der Waals surface area contributed by atoms with Crippen LogP contribution in [0, 0.1) is 0 Å². The highest BCUT2D eigenvalue weighted by atomic mass is 16.5. The Morgan fingerprint density at radius 3 is 2.61 bits per heavy atom. The lowest BCUT2D eigenvalue weighted by Gasteiger charge is -2.17. The Morgan fingerprint density at radius 1 is 1.22 bits per heavy atom. The number of hydrogen-bond donors (Lipinski definition) is 2. The molecule has 4 nitrogen and oxygen atoms in total. The fourth-order valence-corrected chi connectivity index (χ4v) is 1.63. The average Bonchev–Trinajstić information content (AvgIpc) is 2.42. The Bertz CT molecular complexity index is 344. The number of hydrogen-bond acceptors (Lipinski definition) is 4. The van der Waals surface area contributed by atoms with Gasteiger partial charge in [0.15, 0.2) is 0 Å². The normalized spacial score (nSPS) is 14.2. The smallest absolute Gasteiger partial charge is 0.124 e. The number of para-hydroxylation sites is 1. The molecule has 1 aromatic rings. The first kappa shape index (κ1) is 15.0. The van der Waals surface area contributed by atoms with Crippen molar-refractivity contribution in [2.75, 3.05) is 19.8 Å². The van der Waals surface area contributed by atoms with Crippen LogP contribution < -0.4 is 10.5 Å². The molecule has 0 saturated heterocycles. The third kappa shape index (κ3) is 4.64. The van der Waals surface area contributed by atoms with Crippen molar-refractivity contribution in [3.8, 4) is 5.75 Å². The fourth-order valence-electron chi connectivity index (χ4n) is 1.63. The maximum absolute atomic E-state index is 9.65. The van der Waals surface area contributed by atoms with Crippen molar-refractivity contribution in [1.29, 1.82) is 0 Å². The van der Waals surface area contributed by atoms with Gasteiger partial charge in [-0.1, -0.05) is 25.1 Å². The highest BCUT2D eigenvalue weighted by molar-refractivity contribution is 5.35. The van der Waals surface area contributed by atoms with E-state index >= 15 is 0 Å². The van der Waals surface area contributed by atoms with E-state index in [0.29, 0.717) is 13.2 Å². The van der Waals surface area contributed by atoms with Crippen LogP contribution in [-0.2, 0) is 4.74 Å². The van der Waals surface area contributed by atoms with Gasteiger partial charge in [-0.3, -0.25) is 0 Å². The van der Waals surface area contributed by atoms with Crippen LogP contribution in [0.5, 0.6) is 5.75 Å². The van der Waals surface area contributed by atoms with Crippen LogP contribution >= 0.6 is 0 Å². The first-order valence-corrected chi connectivity index (χ1v) is 6.42. The van der Waals surface area contributed by atoms with Crippen molar-refractivity contribution in [3.63, 3.8) is 0 Å². The van der Waals surface area contributed by atoms with Gasteiger partial charge in [0.25, 0.3) is 0 Å². The summed E-state index contributed by atoms with van der Waals surface area (Å²) >= 11 is 0. The highest BCUT2D eigenvalue weighted by Gasteiger charge is 2.11. The van der Waals surface area contributed by atoms with Crippen molar-refractivity contribution >= 4 is 0 Å².